The second-order valence-corrected chi connectivity index (χ2v) is 4.99. The third-order valence-electron chi connectivity index (χ3n) is 3.32. The predicted molar refractivity (Wildman–Crippen MR) is 82.7 cm³/mol. The number of amides is 1. The zero-order chi connectivity index (χ0) is 15.8. The van der Waals surface area contributed by atoms with Crippen LogP contribution in [0.15, 0.2) is 18.2 Å². The van der Waals surface area contributed by atoms with Gasteiger partial charge < -0.3 is 20.2 Å². The summed E-state index contributed by atoms with van der Waals surface area (Å²) in [4.78, 5) is 24.3. The summed E-state index contributed by atoms with van der Waals surface area (Å²) >= 11 is 6.11. The Labute approximate surface area is 130 Å². The SMILES string of the molecule is CCN(CC)CCOc1ccc(C(C=O)C(N)=O)cc1Cl. The molecule has 2 N–H and O–H groups in total. The van der Waals surface area contributed by atoms with E-state index >= 15 is 0 Å². The first-order valence-corrected chi connectivity index (χ1v) is 7.30. The smallest absolute Gasteiger partial charge is 0.232 e. The van der Waals surface area contributed by atoms with Crippen LogP contribution in [-0.4, -0.2) is 43.3 Å². The lowest BCUT2D eigenvalue weighted by Crippen LogP contribution is -2.28. The van der Waals surface area contributed by atoms with Gasteiger partial charge in [0.1, 0.15) is 24.6 Å². The molecule has 0 bridgehead atoms. The molecule has 21 heavy (non-hydrogen) atoms. The summed E-state index contributed by atoms with van der Waals surface area (Å²) in [6.45, 7) is 7.44. The minimum absolute atomic E-state index is 0.361. The lowest BCUT2D eigenvalue weighted by Gasteiger charge is -2.18. The van der Waals surface area contributed by atoms with Crippen molar-refractivity contribution in [3.05, 3.63) is 28.8 Å². The third kappa shape index (κ3) is 5.02. The van der Waals surface area contributed by atoms with E-state index in [4.69, 9.17) is 22.1 Å². The molecule has 0 aliphatic carbocycles. The van der Waals surface area contributed by atoms with E-state index in [2.05, 4.69) is 18.7 Å². The molecule has 0 aliphatic heterocycles. The number of nitrogens with zero attached hydrogens (tertiary/aromatic N) is 1. The molecule has 0 radical (unpaired) electrons. The summed E-state index contributed by atoms with van der Waals surface area (Å²) in [5.41, 5.74) is 5.63. The Kier molecular flexibility index (Phi) is 7.19. The zero-order valence-electron chi connectivity index (χ0n) is 12.3. The zero-order valence-corrected chi connectivity index (χ0v) is 13.1. The number of aldehydes is 1. The van der Waals surface area contributed by atoms with Crippen LogP contribution in [0.1, 0.15) is 25.3 Å². The van der Waals surface area contributed by atoms with Gasteiger partial charge in [-0.3, -0.25) is 4.79 Å². The summed E-state index contributed by atoms with van der Waals surface area (Å²) in [6, 6.07) is 4.82. The standard InChI is InChI=1S/C15H21ClN2O3/c1-3-18(4-2)7-8-21-14-6-5-11(9-13(14)16)12(10-19)15(17)20/h5-6,9-10,12H,3-4,7-8H2,1-2H3,(H2,17,20). The van der Waals surface area contributed by atoms with Crippen LogP contribution in [0.5, 0.6) is 5.75 Å². The molecule has 1 amide bonds. The Morgan fingerprint density at radius 3 is 2.57 bits per heavy atom. The molecule has 116 valence electrons. The van der Waals surface area contributed by atoms with Crippen LogP contribution in [0.25, 0.3) is 0 Å². The molecular formula is C15H21ClN2O3. The highest BCUT2D eigenvalue weighted by atomic mass is 35.5. The maximum atomic E-state index is 11.2. The van der Waals surface area contributed by atoms with Gasteiger partial charge >= 0.3 is 0 Å². The quantitative estimate of drug-likeness (QED) is 0.558. The Morgan fingerprint density at radius 2 is 2.10 bits per heavy atom. The van der Waals surface area contributed by atoms with Crippen LogP contribution < -0.4 is 10.5 Å². The number of hydrogen-bond acceptors (Lipinski definition) is 4. The normalized spacial score (nSPS) is 12.2. The van der Waals surface area contributed by atoms with Gasteiger partial charge in [-0.2, -0.15) is 0 Å². The van der Waals surface area contributed by atoms with E-state index in [1.807, 2.05) is 0 Å². The second kappa shape index (κ2) is 8.64. The van der Waals surface area contributed by atoms with Crippen LogP contribution in [-0.2, 0) is 9.59 Å². The van der Waals surface area contributed by atoms with Crippen molar-refractivity contribution in [3.8, 4) is 5.75 Å². The number of carbonyl (C=O) groups is 2. The van der Waals surface area contributed by atoms with E-state index in [0.717, 1.165) is 19.6 Å². The van der Waals surface area contributed by atoms with Crippen molar-refractivity contribution in [3.63, 3.8) is 0 Å². The van der Waals surface area contributed by atoms with Gasteiger partial charge in [-0.15, -0.1) is 0 Å². The average Bonchev–Trinajstić information content (AvgIpc) is 2.46. The van der Waals surface area contributed by atoms with E-state index in [9.17, 15) is 9.59 Å². The first-order chi connectivity index (χ1) is 10.0. The molecule has 0 heterocycles. The summed E-state index contributed by atoms with van der Waals surface area (Å²) < 4.78 is 5.62. The molecule has 5 nitrogen and oxygen atoms in total. The molecule has 0 saturated heterocycles. The van der Waals surface area contributed by atoms with Crippen LogP contribution in [0.3, 0.4) is 0 Å². The van der Waals surface area contributed by atoms with Crippen molar-refractivity contribution < 1.29 is 14.3 Å². The van der Waals surface area contributed by atoms with Crippen LogP contribution >= 0.6 is 11.6 Å². The molecule has 1 aromatic carbocycles. The molecule has 1 unspecified atom stereocenters. The fourth-order valence-corrected chi connectivity index (χ4v) is 2.21. The van der Waals surface area contributed by atoms with Crippen molar-refractivity contribution in [2.75, 3.05) is 26.2 Å². The summed E-state index contributed by atoms with van der Waals surface area (Å²) in [5, 5.41) is 0.361. The highest BCUT2D eigenvalue weighted by Gasteiger charge is 2.18. The predicted octanol–water partition coefficient (Wildman–Crippen LogP) is 1.83. The van der Waals surface area contributed by atoms with Gasteiger partial charge in [-0.05, 0) is 30.8 Å². The second-order valence-electron chi connectivity index (χ2n) is 4.58. The molecule has 0 fully saturated rings. The van der Waals surface area contributed by atoms with Crippen molar-refractivity contribution >= 4 is 23.8 Å². The Hall–Kier alpha value is -1.59. The molecule has 1 atom stereocenters. The van der Waals surface area contributed by atoms with Crippen molar-refractivity contribution in [2.24, 2.45) is 5.73 Å². The summed E-state index contributed by atoms with van der Waals surface area (Å²) in [7, 11) is 0. The lowest BCUT2D eigenvalue weighted by atomic mass is 10.0. The highest BCUT2D eigenvalue weighted by molar-refractivity contribution is 6.32. The molecule has 6 heteroatoms. The molecule has 0 spiro atoms. The van der Waals surface area contributed by atoms with Gasteiger partial charge in [-0.1, -0.05) is 31.5 Å². The van der Waals surface area contributed by atoms with Gasteiger partial charge in [0, 0.05) is 6.54 Å². The van der Waals surface area contributed by atoms with Gasteiger partial charge in [0.15, 0.2) is 0 Å². The van der Waals surface area contributed by atoms with Gasteiger partial charge in [0.2, 0.25) is 5.91 Å². The first-order valence-electron chi connectivity index (χ1n) is 6.92. The average molecular weight is 313 g/mol. The van der Waals surface area contributed by atoms with E-state index in [1.54, 1.807) is 12.1 Å². The molecule has 0 aliphatic rings. The topological polar surface area (TPSA) is 72.6 Å². The number of rotatable bonds is 9. The summed E-state index contributed by atoms with van der Waals surface area (Å²) in [6.07, 6.45) is 0.509. The van der Waals surface area contributed by atoms with Crippen LogP contribution in [0.2, 0.25) is 5.02 Å². The van der Waals surface area contributed by atoms with Crippen molar-refractivity contribution in [1.29, 1.82) is 0 Å². The minimum Gasteiger partial charge on any atom is -0.491 e. The maximum absolute atomic E-state index is 11.2. The lowest BCUT2D eigenvalue weighted by molar-refractivity contribution is -0.123. The Balaban J connectivity index is 2.70. The maximum Gasteiger partial charge on any atom is 0.232 e. The van der Waals surface area contributed by atoms with Crippen LogP contribution in [0.4, 0.5) is 0 Å². The number of carbonyl (C=O) groups excluding carboxylic acids is 2. The van der Waals surface area contributed by atoms with E-state index in [0.29, 0.717) is 29.2 Å². The number of primary amides is 1. The number of benzene rings is 1. The Morgan fingerprint density at radius 1 is 1.43 bits per heavy atom. The summed E-state index contributed by atoms with van der Waals surface area (Å²) in [5.74, 6) is -1.15. The monoisotopic (exact) mass is 312 g/mol. The first kappa shape index (κ1) is 17.5. The minimum atomic E-state index is -0.979. The molecule has 1 aromatic rings. The number of hydrogen-bond donors (Lipinski definition) is 1. The fourth-order valence-electron chi connectivity index (χ4n) is 1.96. The van der Waals surface area contributed by atoms with Crippen molar-refractivity contribution in [1.82, 2.24) is 4.90 Å². The molecule has 0 aromatic heterocycles. The number of nitrogens with two attached hydrogens (primary N) is 1. The third-order valence-corrected chi connectivity index (χ3v) is 3.61. The van der Waals surface area contributed by atoms with Crippen LogP contribution in [0, 0.1) is 0 Å². The van der Waals surface area contributed by atoms with Crippen molar-refractivity contribution in [2.45, 2.75) is 19.8 Å². The molecule has 1 rings (SSSR count). The number of ether oxygens (including phenoxy) is 1. The molecular weight excluding hydrogens is 292 g/mol. The van der Waals surface area contributed by atoms with E-state index < -0.39 is 11.8 Å². The fraction of sp³-hybridized carbons (Fsp3) is 0.467. The number of likely N-dealkylation sites (N-methyl/N-ethyl adjacent to an activating group) is 1. The number of halogens is 1. The Bertz CT molecular complexity index is 490. The van der Waals surface area contributed by atoms with E-state index in [1.165, 1.54) is 6.07 Å². The van der Waals surface area contributed by atoms with E-state index in [-0.39, 0.29) is 0 Å². The van der Waals surface area contributed by atoms with Gasteiger partial charge in [0.05, 0.1) is 5.02 Å². The van der Waals surface area contributed by atoms with Gasteiger partial charge in [0.25, 0.3) is 0 Å². The largest absolute Gasteiger partial charge is 0.491 e. The van der Waals surface area contributed by atoms with Gasteiger partial charge in [-0.25, -0.2) is 0 Å². The molecule has 0 saturated carbocycles. The highest BCUT2D eigenvalue weighted by Crippen LogP contribution is 2.28.